The molecular weight excluding hydrogens is 535 g/mol. The van der Waals surface area contributed by atoms with Crippen LogP contribution in [0.2, 0.25) is 0 Å². The van der Waals surface area contributed by atoms with Gasteiger partial charge in [-0.05, 0) is 40.2 Å². The predicted molar refractivity (Wildman–Crippen MR) is 137 cm³/mol. The Morgan fingerprint density at radius 2 is 2.08 bits per heavy atom. The summed E-state index contributed by atoms with van der Waals surface area (Å²) in [6.45, 7) is 7.89. The first-order chi connectivity index (χ1) is 18.8. The Bertz CT molecular complexity index is 1310. The number of fused-ring (bicyclic) bond motifs is 4. The fourth-order valence-corrected chi connectivity index (χ4v) is 4.90. The van der Waals surface area contributed by atoms with Crippen LogP contribution in [0.4, 0.5) is 35.3 Å². The van der Waals surface area contributed by atoms with Gasteiger partial charge in [0.15, 0.2) is 11.6 Å². The molecule has 3 aliphatic heterocycles. The SMILES string of the molecule is Cc1nc(C(=O)N[C@H](C)C(F)(F)F)nc2c1N1CC[C@@H](C1)N2C(=O)Nc1cc(OC[C@H]2COC(C)(C)O2)ccn1. The Morgan fingerprint density at radius 1 is 1.30 bits per heavy atom. The van der Waals surface area contributed by atoms with E-state index in [2.05, 4.69) is 20.3 Å². The minimum absolute atomic E-state index is 0.150. The fourth-order valence-electron chi connectivity index (χ4n) is 4.90. The van der Waals surface area contributed by atoms with Crippen LogP contribution < -0.4 is 25.2 Å². The maximum Gasteiger partial charge on any atom is 0.408 e. The molecule has 2 bridgehead atoms. The van der Waals surface area contributed by atoms with Gasteiger partial charge in [0.2, 0.25) is 5.82 Å². The van der Waals surface area contributed by atoms with Gasteiger partial charge in [-0.2, -0.15) is 13.2 Å². The van der Waals surface area contributed by atoms with Crippen LogP contribution in [0, 0.1) is 6.92 Å². The number of aromatic nitrogens is 3. The molecule has 12 nitrogen and oxygen atoms in total. The summed E-state index contributed by atoms with van der Waals surface area (Å²) < 4.78 is 56.1. The highest BCUT2D eigenvalue weighted by atomic mass is 19.4. The van der Waals surface area contributed by atoms with Gasteiger partial charge < -0.3 is 24.4 Å². The van der Waals surface area contributed by atoms with Gasteiger partial charge in [0.1, 0.15) is 36.0 Å². The molecule has 2 saturated heterocycles. The lowest BCUT2D eigenvalue weighted by Gasteiger charge is -2.36. The van der Waals surface area contributed by atoms with Crippen molar-refractivity contribution < 1.29 is 37.0 Å². The third-order valence-corrected chi connectivity index (χ3v) is 6.84. The van der Waals surface area contributed by atoms with Crippen molar-refractivity contribution in [1.82, 2.24) is 20.3 Å². The Hall–Kier alpha value is -3.72. The molecule has 5 rings (SSSR count). The van der Waals surface area contributed by atoms with Crippen LogP contribution in [0.25, 0.3) is 0 Å². The number of hydrogen-bond donors (Lipinski definition) is 2. The number of alkyl halides is 3. The Morgan fingerprint density at radius 3 is 2.77 bits per heavy atom. The number of nitrogens with zero attached hydrogens (tertiary/aromatic N) is 5. The second kappa shape index (κ2) is 10.4. The number of hydrogen-bond acceptors (Lipinski definition) is 9. The summed E-state index contributed by atoms with van der Waals surface area (Å²) in [6.07, 6.45) is -2.76. The zero-order chi connectivity index (χ0) is 28.8. The van der Waals surface area contributed by atoms with E-state index in [0.29, 0.717) is 43.2 Å². The highest BCUT2D eigenvalue weighted by Gasteiger charge is 2.43. The number of urea groups is 1. The maximum atomic E-state index is 13.5. The lowest BCUT2D eigenvalue weighted by atomic mass is 10.1. The van der Waals surface area contributed by atoms with Crippen LogP contribution >= 0.6 is 0 Å². The number of anilines is 3. The number of pyridine rings is 1. The molecule has 0 aliphatic carbocycles. The molecule has 0 unspecified atom stereocenters. The largest absolute Gasteiger partial charge is 0.491 e. The standard InChI is InChI=1S/C25H30F3N7O5/c1-13-19-21(33-20(30-13)22(36)31-14(2)25(26,27)28)35(15-6-8-34(19)10-15)23(37)32-18-9-16(5-7-29-18)38-11-17-12-39-24(3,4)40-17/h5,7,9,14-15,17H,6,8,10-12H2,1-4H3,(H,31,36)(H,29,32,37)/t14-,15+,17+/m1/s1. The van der Waals surface area contributed by atoms with Crippen molar-refractivity contribution in [2.24, 2.45) is 0 Å². The summed E-state index contributed by atoms with van der Waals surface area (Å²) >= 11 is 0. The van der Waals surface area contributed by atoms with Gasteiger partial charge in [-0.3, -0.25) is 15.0 Å². The molecule has 0 spiro atoms. The fraction of sp³-hybridized carbons (Fsp3) is 0.560. The smallest absolute Gasteiger partial charge is 0.408 e. The van der Waals surface area contributed by atoms with Gasteiger partial charge in [0.05, 0.1) is 18.3 Å². The van der Waals surface area contributed by atoms with Gasteiger partial charge >= 0.3 is 12.2 Å². The third kappa shape index (κ3) is 5.75. The summed E-state index contributed by atoms with van der Waals surface area (Å²) in [7, 11) is 0. The molecule has 0 radical (unpaired) electrons. The van der Waals surface area contributed by atoms with Gasteiger partial charge in [-0.1, -0.05) is 0 Å². The van der Waals surface area contributed by atoms with E-state index < -0.39 is 35.8 Å². The molecule has 40 heavy (non-hydrogen) atoms. The van der Waals surface area contributed by atoms with Crippen molar-refractivity contribution in [3.63, 3.8) is 0 Å². The minimum Gasteiger partial charge on any atom is -0.491 e. The minimum atomic E-state index is -4.63. The maximum absolute atomic E-state index is 13.5. The summed E-state index contributed by atoms with van der Waals surface area (Å²) in [5, 5.41) is 4.62. The van der Waals surface area contributed by atoms with E-state index in [-0.39, 0.29) is 30.4 Å². The molecule has 3 amide bonds. The summed E-state index contributed by atoms with van der Waals surface area (Å²) in [5.41, 5.74) is 0.929. The Balaban J connectivity index is 1.34. The van der Waals surface area contributed by atoms with E-state index in [4.69, 9.17) is 14.2 Å². The van der Waals surface area contributed by atoms with Gasteiger partial charge in [-0.25, -0.2) is 19.7 Å². The molecule has 2 N–H and O–H groups in total. The number of ether oxygens (including phenoxy) is 3. The first-order valence-corrected chi connectivity index (χ1v) is 12.8. The van der Waals surface area contributed by atoms with E-state index in [1.807, 2.05) is 24.1 Å². The number of amides is 3. The first kappa shape index (κ1) is 27.8. The van der Waals surface area contributed by atoms with Crippen LogP contribution in [0.3, 0.4) is 0 Å². The lowest BCUT2D eigenvalue weighted by Crippen LogP contribution is -2.49. The molecule has 5 heterocycles. The molecule has 216 valence electrons. The van der Waals surface area contributed by atoms with E-state index in [1.165, 1.54) is 11.1 Å². The molecule has 0 aromatic carbocycles. The van der Waals surface area contributed by atoms with Crippen LogP contribution in [0.1, 0.15) is 43.5 Å². The van der Waals surface area contributed by atoms with E-state index in [1.54, 1.807) is 19.1 Å². The molecule has 3 atom stereocenters. The monoisotopic (exact) mass is 565 g/mol. The van der Waals surface area contributed by atoms with Crippen molar-refractivity contribution in [3.8, 4) is 5.75 Å². The molecule has 15 heteroatoms. The van der Waals surface area contributed by atoms with Crippen molar-refractivity contribution >= 4 is 29.3 Å². The molecule has 2 aromatic heterocycles. The number of aryl methyl sites for hydroxylation is 1. The molecule has 0 saturated carbocycles. The summed E-state index contributed by atoms with van der Waals surface area (Å²) in [4.78, 5) is 42.2. The number of carbonyl (C=O) groups is 2. The van der Waals surface area contributed by atoms with Crippen molar-refractivity contribution in [2.45, 2.75) is 64.3 Å². The average molecular weight is 566 g/mol. The highest BCUT2D eigenvalue weighted by Crippen LogP contribution is 2.40. The average Bonchev–Trinajstić information content (AvgIpc) is 3.44. The Kier molecular flexibility index (Phi) is 7.20. The summed E-state index contributed by atoms with van der Waals surface area (Å²) in [6, 6.07) is 0.284. The second-order valence-electron chi connectivity index (χ2n) is 10.4. The van der Waals surface area contributed by atoms with Crippen LogP contribution in [0.5, 0.6) is 5.75 Å². The summed E-state index contributed by atoms with van der Waals surface area (Å²) in [5.74, 6) is -1.39. The zero-order valence-electron chi connectivity index (χ0n) is 22.4. The van der Waals surface area contributed by atoms with Crippen LogP contribution in [-0.4, -0.2) is 83.3 Å². The zero-order valence-corrected chi connectivity index (χ0v) is 22.4. The highest BCUT2D eigenvalue weighted by molar-refractivity contribution is 6.05. The number of carbonyl (C=O) groups excluding carboxylic acids is 2. The second-order valence-corrected chi connectivity index (χ2v) is 10.4. The van der Waals surface area contributed by atoms with Gasteiger partial charge in [0.25, 0.3) is 5.91 Å². The van der Waals surface area contributed by atoms with Crippen molar-refractivity contribution in [3.05, 3.63) is 29.8 Å². The van der Waals surface area contributed by atoms with E-state index >= 15 is 0 Å². The topological polar surface area (TPSA) is 131 Å². The van der Waals surface area contributed by atoms with E-state index in [9.17, 15) is 22.8 Å². The normalized spacial score (nSPS) is 22.1. The number of halogens is 3. The van der Waals surface area contributed by atoms with Crippen LogP contribution in [0.15, 0.2) is 18.3 Å². The Labute approximate surface area is 228 Å². The third-order valence-electron chi connectivity index (χ3n) is 6.84. The van der Waals surface area contributed by atoms with Crippen molar-refractivity contribution in [1.29, 1.82) is 0 Å². The van der Waals surface area contributed by atoms with Gasteiger partial charge in [0, 0.05) is 25.4 Å². The molecular formula is C25H30F3N7O5. The van der Waals surface area contributed by atoms with Crippen LogP contribution in [-0.2, 0) is 9.47 Å². The van der Waals surface area contributed by atoms with Crippen molar-refractivity contribution in [2.75, 3.05) is 41.4 Å². The number of rotatable bonds is 6. The predicted octanol–water partition coefficient (Wildman–Crippen LogP) is 3.02. The van der Waals surface area contributed by atoms with E-state index in [0.717, 1.165) is 6.92 Å². The molecule has 3 aliphatic rings. The first-order valence-electron chi connectivity index (χ1n) is 12.8. The van der Waals surface area contributed by atoms with Gasteiger partial charge in [-0.15, -0.1) is 0 Å². The molecule has 2 aromatic rings. The number of nitrogens with one attached hydrogen (secondary N) is 2. The molecule has 2 fully saturated rings. The quantitative estimate of drug-likeness (QED) is 0.543. The lowest BCUT2D eigenvalue weighted by molar-refractivity contribution is -0.149.